The fourth-order valence-corrected chi connectivity index (χ4v) is 1.61. The number of benzene rings is 1. The highest BCUT2D eigenvalue weighted by atomic mass is 35.5. The zero-order valence-electron chi connectivity index (χ0n) is 6.39. The first kappa shape index (κ1) is 7.87. The molecule has 1 atom stereocenters. The van der Waals surface area contributed by atoms with Crippen molar-refractivity contribution < 1.29 is 9.13 Å². The van der Waals surface area contributed by atoms with Gasteiger partial charge in [-0.05, 0) is 6.07 Å². The van der Waals surface area contributed by atoms with Crippen molar-refractivity contribution in [2.24, 2.45) is 0 Å². The largest absolute Gasteiger partial charge is 0.490 e. The summed E-state index contributed by atoms with van der Waals surface area (Å²) in [5.74, 6) is 0.00148. The smallest absolute Gasteiger partial charge is 0.165 e. The highest BCUT2D eigenvalue weighted by Gasteiger charge is 2.21. The maximum atomic E-state index is 13.1. The minimum atomic E-state index is -0.321. The molecule has 1 aliphatic rings. The lowest BCUT2D eigenvalue weighted by molar-refractivity contribution is 0.270. The second-order valence-corrected chi connectivity index (χ2v) is 3.29. The Labute approximate surface area is 75.1 Å². The van der Waals surface area contributed by atoms with Crippen molar-refractivity contribution in [3.8, 4) is 5.75 Å². The molecule has 0 bridgehead atoms. The molecule has 0 saturated carbocycles. The first-order valence-corrected chi connectivity index (χ1v) is 4.28. The van der Waals surface area contributed by atoms with Crippen molar-refractivity contribution in [3.63, 3.8) is 0 Å². The van der Waals surface area contributed by atoms with E-state index in [9.17, 15) is 4.39 Å². The van der Waals surface area contributed by atoms with Gasteiger partial charge in [-0.1, -0.05) is 12.1 Å². The average Bonchev–Trinajstić information content (AvgIpc) is 2.07. The lowest BCUT2D eigenvalue weighted by atomic mass is 10.1. The molecule has 64 valence electrons. The van der Waals surface area contributed by atoms with Gasteiger partial charge < -0.3 is 4.74 Å². The second-order valence-electron chi connectivity index (χ2n) is 2.76. The van der Waals surface area contributed by atoms with E-state index in [0.717, 1.165) is 12.0 Å². The summed E-state index contributed by atoms with van der Waals surface area (Å²) in [5.41, 5.74) is 0.767. The normalized spacial score (nSPS) is 21.3. The average molecular weight is 187 g/mol. The monoisotopic (exact) mass is 186 g/mol. The summed E-state index contributed by atoms with van der Waals surface area (Å²) in [4.78, 5) is 0. The van der Waals surface area contributed by atoms with Crippen molar-refractivity contribution in [2.75, 3.05) is 6.61 Å². The Hall–Kier alpha value is -0.760. The van der Waals surface area contributed by atoms with Gasteiger partial charge in [-0.15, -0.1) is 11.6 Å². The Morgan fingerprint density at radius 1 is 1.50 bits per heavy atom. The zero-order chi connectivity index (χ0) is 8.55. The van der Waals surface area contributed by atoms with Crippen LogP contribution in [0.4, 0.5) is 4.39 Å². The molecule has 0 aliphatic carbocycles. The minimum absolute atomic E-state index is 0.107. The van der Waals surface area contributed by atoms with Gasteiger partial charge >= 0.3 is 0 Å². The first-order chi connectivity index (χ1) is 5.79. The van der Waals surface area contributed by atoms with E-state index in [0.29, 0.717) is 12.4 Å². The van der Waals surface area contributed by atoms with Gasteiger partial charge in [0.2, 0.25) is 0 Å². The van der Waals surface area contributed by atoms with Gasteiger partial charge in [0.25, 0.3) is 0 Å². The van der Waals surface area contributed by atoms with Crippen molar-refractivity contribution in [2.45, 2.75) is 11.8 Å². The third-order valence-corrected chi connectivity index (χ3v) is 2.41. The molecule has 1 unspecified atom stereocenters. The molecule has 0 radical (unpaired) electrons. The van der Waals surface area contributed by atoms with E-state index in [1.54, 1.807) is 12.1 Å². The van der Waals surface area contributed by atoms with Crippen LogP contribution in [0.15, 0.2) is 18.2 Å². The van der Waals surface area contributed by atoms with E-state index in [4.69, 9.17) is 16.3 Å². The van der Waals surface area contributed by atoms with Gasteiger partial charge in [0, 0.05) is 12.0 Å². The number of halogens is 2. The fourth-order valence-electron chi connectivity index (χ4n) is 1.34. The van der Waals surface area contributed by atoms with Crippen LogP contribution in [-0.2, 0) is 0 Å². The summed E-state index contributed by atoms with van der Waals surface area (Å²) < 4.78 is 18.2. The Morgan fingerprint density at radius 2 is 2.33 bits per heavy atom. The SMILES string of the molecule is Fc1cccc2c1OCCC2Cl. The summed E-state index contributed by atoms with van der Waals surface area (Å²) in [6, 6.07) is 4.83. The van der Waals surface area contributed by atoms with Gasteiger partial charge in [0.1, 0.15) is 0 Å². The molecule has 0 fully saturated rings. The molecule has 12 heavy (non-hydrogen) atoms. The molecule has 0 spiro atoms. The summed E-state index contributed by atoms with van der Waals surface area (Å²) in [7, 11) is 0. The Morgan fingerprint density at radius 3 is 3.08 bits per heavy atom. The lowest BCUT2D eigenvalue weighted by Crippen LogP contribution is -2.11. The van der Waals surface area contributed by atoms with Crippen LogP contribution in [0.2, 0.25) is 0 Å². The van der Waals surface area contributed by atoms with E-state index >= 15 is 0 Å². The highest BCUT2D eigenvalue weighted by molar-refractivity contribution is 6.21. The van der Waals surface area contributed by atoms with Crippen LogP contribution in [0.3, 0.4) is 0 Å². The molecule has 1 aromatic rings. The maximum Gasteiger partial charge on any atom is 0.165 e. The molecule has 2 rings (SSSR count). The molecule has 1 aliphatic heterocycles. The van der Waals surface area contributed by atoms with Crippen LogP contribution in [0.25, 0.3) is 0 Å². The Bertz CT molecular complexity index is 301. The van der Waals surface area contributed by atoms with Crippen LogP contribution in [0.5, 0.6) is 5.75 Å². The molecule has 0 amide bonds. The molecule has 1 aromatic carbocycles. The number of alkyl halides is 1. The van der Waals surface area contributed by atoms with Gasteiger partial charge in [0.05, 0.1) is 12.0 Å². The van der Waals surface area contributed by atoms with Gasteiger partial charge in [-0.25, -0.2) is 4.39 Å². The number of fused-ring (bicyclic) bond motifs is 1. The van der Waals surface area contributed by atoms with E-state index in [1.807, 2.05) is 0 Å². The third-order valence-electron chi connectivity index (χ3n) is 1.95. The van der Waals surface area contributed by atoms with Crippen LogP contribution < -0.4 is 4.74 Å². The van der Waals surface area contributed by atoms with E-state index in [1.165, 1.54) is 6.07 Å². The van der Waals surface area contributed by atoms with E-state index < -0.39 is 0 Å². The lowest BCUT2D eigenvalue weighted by Gasteiger charge is -2.21. The number of ether oxygens (including phenoxy) is 1. The molecular weight excluding hydrogens is 179 g/mol. The summed E-state index contributed by atoms with van der Waals surface area (Å²) >= 11 is 5.97. The van der Waals surface area contributed by atoms with Gasteiger partial charge in [-0.3, -0.25) is 0 Å². The summed E-state index contributed by atoms with van der Waals surface area (Å²) in [6.45, 7) is 0.502. The molecule has 3 heteroatoms. The molecular formula is C9H8ClFO. The first-order valence-electron chi connectivity index (χ1n) is 3.84. The minimum Gasteiger partial charge on any atom is -0.490 e. The Balaban J connectivity index is 2.52. The number of rotatable bonds is 0. The van der Waals surface area contributed by atoms with Crippen LogP contribution in [-0.4, -0.2) is 6.61 Å². The summed E-state index contributed by atoms with van der Waals surface area (Å²) in [5, 5.41) is -0.107. The number of hydrogen-bond acceptors (Lipinski definition) is 1. The zero-order valence-corrected chi connectivity index (χ0v) is 7.14. The predicted octanol–water partition coefficient (Wildman–Crippen LogP) is 2.89. The number of para-hydroxylation sites is 1. The van der Waals surface area contributed by atoms with Crippen LogP contribution in [0.1, 0.15) is 17.4 Å². The van der Waals surface area contributed by atoms with Crippen LogP contribution >= 0.6 is 11.6 Å². The van der Waals surface area contributed by atoms with Crippen LogP contribution in [0, 0.1) is 5.82 Å². The molecule has 0 N–H and O–H groups in total. The second kappa shape index (κ2) is 2.94. The van der Waals surface area contributed by atoms with Crippen molar-refractivity contribution in [1.29, 1.82) is 0 Å². The third kappa shape index (κ3) is 1.16. The maximum absolute atomic E-state index is 13.1. The van der Waals surface area contributed by atoms with E-state index in [2.05, 4.69) is 0 Å². The quantitative estimate of drug-likeness (QED) is 0.566. The Kier molecular flexibility index (Phi) is 1.93. The number of hydrogen-bond donors (Lipinski definition) is 0. The summed E-state index contributed by atoms with van der Waals surface area (Å²) in [6.07, 6.45) is 0.748. The molecule has 0 aromatic heterocycles. The predicted molar refractivity (Wildman–Crippen MR) is 45.1 cm³/mol. The highest BCUT2D eigenvalue weighted by Crippen LogP contribution is 2.37. The van der Waals surface area contributed by atoms with E-state index in [-0.39, 0.29) is 11.2 Å². The fraction of sp³-hybridized carbons (Fsp3) is 0.333. The van der Waals surface area contributed by atoms with Crippen molar-refractivity contribution in [1.82, 2.24) is 0 Å². The molecule has 1 nitrogen and oxygen atoms in total. The van der Waals surface area contributed by atoms with Crippen molar-refractivity contribution >= 4 is 11.6 Å². The molecule has 0 saturated heterocycles. The van der Waals surface area contributed by atoms with Gasteiger partial charge in [-0.2, -0.15) is 0 Å². The molecule has 1 heterocycles. The standard InChI is InChI=1S/C9H8ClFO/c10-7-4-5-12-9-6(7)2-1-3-8(9)11/h1-3,7H,4-5H2. The van der Waals surface area contributed by atoms with Gasteiger partial charge in [0.15, 0.2) is 11.6 Å². The van der Waals surface area contributed by atoms with Crippen molar-refractivity contribution in [3.05, 3.63) is 29.6 Å². The topological polar surface area (TPSA) is 9.23 Å².